The van der Waals surface area contributed by atoms with Crippen molar-refractivity contribution in [3.63, 3.8) is 0 Å². The standard InChI is InChI=1S/C17H17F3N2O2/c1-11(15(23)12-6-3-2-4-7-12)21-16(24)22-14-9-5-8-13(10-14)17(18,19)20/h2-11,15,23H,1H3,(H2,21,22,24)/t11-,15-/m0/s1. The molecule has 0 fully saturated rings. The van der Waals surface area contributed by atoms with E-state index < -0.39 is 29.9 Å². The molecular weight excluding hydrogens is 321 g/mol. The Morgan fingerprint density at radius 1 is 1.08 bits per heavy atom. The Hall–Kier alpha value is -2.54. The maximum absolute atomic E-state index is 12.6. The van der Waals surface area contributed by atoms with E-state index in [1.54, 1.807) is 37.3 Å². The Labute approximate surface area is 137 Å². The second-order valence-electron chi connectivity index (χ2n) is 5.32. The molecule has 24 heavy (non-hydrogen) atoms. The van der Waals surface area contributed by atoms with Gasteiger partial charge in [-0.1, -0.05) is 36.4 Å². The molecule has 2 amide bonds. The van der Waals surface area contributed by atoms with Gasteiger partial charge < -0.3 is 15.7 Å². The molecule has 0 radical (unpaired) electrons. The maximum Gasteiger partial charge on any atom is 0.416 e. The van der Waals surface area contributed by atoms with Gasteiger partial charge in [0.1, 0.15) is 0 Å². The van der Waals surface area contributed by atoms with Crippen LogP contribution in [0.3, 0.4) is 0 Å². The van der Waals surface area contributed by atoms with Crippen LogP contribution in [-0.2, 0) is 6.18 Å². The first-order chi connectivity index (χ1) is 11.3. The van der Waals surface area contributed by atoms with E-state index in [0.29, 0.717) is 5.56 Å². The number of anilines is 1. The Morgan fingerprint density at radius 3 is 2.38 bits per heavy atom. The van der Waals surface area contributed by atoms with Crippen LogP contribution in [0.2, 0.25) is 0 Å². The molecule has 4 nitrogen and oxygen atoms in total. The fraction of sp³-hybridized carbons (Fsp3) is 0.235. The van der Waals surface area contributed by atoms with Crippen LogP contribution < -0.4 is 10.6 Å². The SMILES string of the molecule is C[C@H](NC(=O)Nc1cccc(C(F)(F)F)c1)[C@H](O)c1ccccc1. The van der Waals surface area contributed by atoms with Gasteiger partial charge in [0.2, 0.25) is 0 Å². The number of aliphatic hydroxyl groups excluding tert-OH is 1. The van der Waals surface area contributed by atoms with Crippen LogP contribution in [0.4, 0.5) is 23.7 Å². The van der Waals surface area contributed by atoms with E-state index in [0.717, 1.165) is 12.1 Å². The Kier molecular flexibility index (Phi) is 5.46. The Bertz CT molecular complexity index is 690. The van der Waals surface area contributed by atoms with Gasteiger partial charge in [0.15, 0.2) is 0 Å². The number of hydrogen-bond donors (Lipinski definition) is 3. The van der Waals surface area contributed by atoms with E-state index >= 15 is 0 Å². The second-order valence-corrected chi connectivity index (χ2v) is 5.32. The van der Waals surface area contributed by atoms with Gasteiger partial charge in [-0.2, -0.15) is 13.2 Å². The third kappa shape index (κ3) is 4.73. The summed E-state index contributed by atoms with van der Waals surface area (Å²) in [5.41, 5.74) is -0.203. The second kappa shape index (κ2) is 7.35. The highest BCUT2D eigenvalue weighted by atomic mass is 19.4. The lowest BCUT2D eigenvalue weighted by molar-refractivity contribution is -0.137. The van der Waals surface area contributed by atoms with Gasteiger partial charge in [-0.05, 0) is 30.7 Å². The molecule has 128 valence electrons. The maximum atomic E-state index is 12.6. The highest BCUT2D eigenvalue weighted by Gasteiger charge is 2.30. The summed E-state index contributed by atoms with van der Waals surface area (Å²) in [4.78, 5) is 11.9. The molecule has 0 aliphatic carbocycles. The number of aliphatic hydroxyl groups is 1. The fourth-order valence-corrected chi connectivity index (χ4v) is 2.17. The van der Waals surface area contributed by atoms with E-state index in [2.05, 4.69) is 10.6 Å². The first-order valence-corrected chi connectivity index (χ1v) is 7.25. The number of halogens is 3. The van der Waals surface area contributed by atoms with Crippen molar-refractivity contribution in [3.8, 4) is 0 Å². The minimum atomic E-state index is -4.48. The lowest BCUT2D eigenvalue weighted by Gasteiger charge is -2.21. The zero-order chi connectivity index (χ0) is 17.7. The highest BCUT2D eigenvalue weighted by Crippen LogP contribution is 2.30. The molecule has 0 bridgehead atoms. The third-order valence-electron chi connectivity index (χ3n) is 3.42. The fourth-order valence-electron chi connectivity index (χ4n) is 2.17. The minimum absolute atomic E-state index is 0.0173. The van der Waals surface area contributed by atoms with Crippen LogP contribution >= 0.6 is 0 Å². The monoisotopic (exact) mass is 338 g/mol. The van der Waals surface area contributed by atoms with Gasteiger partial charge in [-0.3, -0.25) is 0 Å². The number of alkyl halides is 3. The average Bonchev–Trinajstić information content (AvgIpc) is 2.54. The first-order valence-electron chi connectivity index (χ1n) is 7.25. The summed E-state index contributed by atoms with van der Waals surface area (Å²) in [6.07, 6.45) is -5.41. The predicted molar refractivity (Wildman–Crippen MR) is 84.5 cm³/mol. The summed E-state index contributed by atoms with van der Waals surface area (Å²) in [6, 6.07) is 11.8. The van der Waals surface area contributed by atoms with Crippen LogP contribution in [0.25, 0.3) is 0 Å². The molecule has 0 saturated carbocycles. The zero-order valence-corrected chi connectivity index (χ0v) is 12.8. The molecule has 2 aromatic carbocycles. The van der Waals surface area contributed by atoms with Gasteiger partial charge in [0.25, 0.3) is 0 Å². The van der Waals surface area contributed by atoms with Crippen LogP contribution in [-0.4, -0.2) is 17.2 Å². The number of urea groups is 1. The number of hydrogen-bond acceptors (Lipinski definition) is 2. The van der Waals surface area contributed by atoms with Crippen molar-refractivity contribution in [2.24, 2.45) is 0 Å². The van der Waals surface area contributed by atoms with Crippen molar-refractivity contribution < 1.29 is 23.1 Å². The molecule has 0 unspecified atom stereocenters. The summed E-state index contributed by atoms with van der Waals surface area (Å²) in [5, 5.41) is 15.0. The van der Waals surface area contributed by atoms with E-state index in [-0.39, 0.29) is 5.69 Å². The zero-order valence-electron chi connectivity index (χ0n) is 12.8. The van der Waals surface area contributed by atoms with Crippen LogP contribution in [0, 0.1) is 0 Å². The molecule has 7 heteroatoms. The van der Waals surface area contributed by atoms with E-state index in [1.165, 1.54) is 12.1 Å². The van der Waals surface area contributed by atoms with Gasteiger partial charge in [0.05, 0.1) is 17.7 Å². The van der Waals surface area contributed by atoms with E-state index in [1.807, 2.05) is 0 Å². The predicted octanol–water partition coefficient (Wildman–Crippen LogP) is 3.95. The topological polar surface area (TPSA) is 61.4 Å². The number of carbonyl (C=O) groups is 1. The van der Waals surface area contributed by atoms with Crippen molar-refractivity contribution in [1.82, 2.24) is 5.32 Å². The quantitative estimate of drug-likeness (QED) is 0.790. The molecule has 2 aromatic rings. The van der Waals surface area contributed by atoms with E-state index in [9.17, 15) is 23.1 Å². The number of amides is 2. The normalized spacial score (nSPS) is 13.9. The van der Waals surface area contributed by atoms with Crippen molar-refractivity contribution >= 4 is 11.7 Å². The van der Waals surface area contributed by atoms with Gasteiger partial charge in [0, 0.05) is 5.69 Å². The molecule has 2 atom stereocenters. The van der Waals surface area contributed by atoms with Crippen molar-refractivity contribution in [2.45, 2.75) is 25.2 Å². The molecule has 0 aromatic heterocycles. The van der Waals surface area contributed by atoms with Crippen LogP contribution in [0.15, 0.2) is 54.6 Å². The smallest absolute Gasteiger partial charge is 0.386 e. The summed E-state index contributed by atoms with van der Waals surface area (Å²) in [6.45, 7) is 1.60. The number of benzene rings is 2. The molecule has 0 spiro atoms. The number of carbonyl (C=O) groups excluding carboxylic acids is 1. The molecule has 0 heterocycles. The number of nitrogens with one attached hydrogen (secondary N) is 2. The third-order valence-corrected chi connectivity index (χ3v) is 3.42. The highest BCUT2D eigenvalue weighted by molar-refractivity contribution is 5.89. The van der Waals surface area contributed by atoms with Crippen LogP contribution in [0.5, 0.6) is 0 Å². The summed E-state index contributed by atoms with van der Waals surface area (Å²) < 4.78 is 37.9. The van der Waals surface area contributed by atoms with Crippen molar-refractivity contribution in [1.29, 1.82) is 0 Å². The summed E-state index contributed by atoms with van der Waals surface area (Å²) in [7, 11) is 0. The lowest BCUT2D eigenvalue weighted by Crippen LogP contribution is -2.39. The molecule has 0 saturated heterocycles. The van der Waals surface area contributed by atoms with Gasteiger partial charge in [-0.15, -0.1) is 0 Å². The average molecular weight is 338 g/mol. The van der Waals surface area contributed by atoms with Crippen LogP contribution in [0.1, 0.15) is 24.2 Å². The molecule has 2 rings (SSSR count). The summed E-state index contributed by atoms with van der Waals surface area (Å²) >= 11 is 0. The van der Waals surface area contributed by atoms with Gasteiger partial charge in [-0.25, -0.2) is 4.79 Å². The number of rotatable bonds is 4. The minimum Gasteiger partial charge on any atom is -0.386 e. The molecule has 0 aliphatic rings. The Morgan fingerprint density at radius 2 is 1.75 bits per heavy atom. The lowest BCUT2D eigenvalue weighted by atomic mass is 10.0. The first kappa shape index (κ1) is 17.8. The van der Waals surface area contributed by atoms with E-state index in [4.69, 9.17) is 0 Å². The molecular formula is C17H17F3N2O2. The summed E-state index contributed by atoms with van der Waals surface area (Å²) in [5.74, 6) is 0. The van der Waals surface area contributed by atoms with Crippen molar-refractivity contribution in [2.75, 3.05) is 5.32 Å². The van der Waals surface area contributed by atoms with Gasteiger partial charge >= 0.3 is 12.2 Å². The van der Waals surface area contributed by atoms with Crippen molar-refractivity contribution in [3.05, 3.63) is 65.7 Å². The Balaban J connectivity index is 1.98. The molecule has 0 aliphatic heterocycles. The molecule has 3 N–H and O–H groups in total. The largest absolute Gasteiger partial charge is 0.416 e.